The van der Waals surface area contributed by atoms with Crippen LogP contribution in [0.2, 0.25) is 10.0 Å². The van der Waals surface area contributed by atoms with Crippen molar-refractivity contribution in [2.24, 2.45) is 0 Å². The summed E-state index contributed by atoms with van der Waals surface area (Å²) in [4.78, 5) is 38.8. The second-order valence-corrected chi connectivity index (χ2v) is 8.96. The number of carbonyl (C=O) groups is 1. The molecule has 0 spiro atoms. The van der Waals surface area contributed by atoms with E-state index in [0.29, 0.717) is 64.4 Å². The van der Waals surface area contributed by atoms with E-state index in [0.717, 1.165) is 5.56 Å². The Labute approximate surface area is 198 Å². The van der Waals surface area contributed by atoms with Gasteiger partial charge in [0.05, 0.1) is 23.9 Å². The lowest BCUT2D eigenvalue weighted by Gasteiger charge is -2.27. The summed E-state index contributed by atoms with van der Waals surface area (Å²) in [7, 11) is 0. The van der Waals surface area contributed by atoms with Gasteiger partial charge in [0.2, 0.25) is 11.9 Å². The smallest absolute Gasteiger partial charge is 0.255 e. The van der Waals surface area contributed by atoms with E-state index in [9.17, 15) is 9.59 Å². The zero-order chi connectivity index (χ0) is 22.7. The summed E-state index contributed by atoms with van der Waals surface area (Å²) in [5.74, 6) is 0.310. The number of halogens is 2. The zero-order valence-corrected chi connectivity index (χ0v) is 19.6. The van der Waals surface area contributed by atoms with Crippen molar-refractivity contribution in [3.63, 3.8) is 0 Å². The Bertz CT molecular complexity index is 1190. The van der Waals surface area contributed by atoms with Gasteiger partial charge >= 0.3 is 0 Å². The number of H-pyrrole nitrogens is 1. The molecule has 8 nitrogen and oxygen atoms in total. The van der Waals surface area contributed by atoms with Crippen molar-refractivity contribution in [3.05, 3.63) is 55.2 Å². The summed E-state index contributed by atoms with van der Waals surface area (Å²) in [6.45, 7) is 4.36. The van der Waals surface area contributed by atoms with Crippen molar-refractivity contribution >= 4 is 51.5 Å². The zero-order valence-electron chi connectivity index (χ0n) is 17.3. The minimum atomic E-state index is -0.232. The molecule has 3 aromatic rings. The second-order valence-electron chi connectivity index (χ2n) is 7.26. The number of nitrogens with one attached hydrogen (secondary N) is 2. The molecule has 3 heterocycles. The van der Waals surface area contributed by atoms with Gasteiger partial charge in [0.25, 0.3) is 5.56 Å². The van der Waals surface area contributed by atoms with E-state index in [-0.39, 0.29) is 24.3 Å². The van der Waals surface area contributed by atoms with Crippen LogP contribution in [0.15, 0.2) is 28.4 Å². The largest absolute Gasteiger partial charge is 0.378 e. The maximum absolute atomic E-state index is 12.6. The predicted octanol–water partition coefficient (Wildman–Crippen LogP) is 3.92. The van der Waals surface area contributed by atoms with E-state index in [2.05, 4.69) is 20.3 Å². The lowest BCUT2D eigenvalue weighted by molar-refractivity contribution is -0.116. The molecule has 1 aliphatic heterocycles. The Kier molecular flexibility index (Phi) is 7.10. The van der Waals surface area contributed by atoms with Crippen LogP contribution in [0.3, 0.4) is 0 Å². The number of aromatic amines is 1. The third-order valence-electron chi connectivity index (χ3n) is 5.08. The van der Waals surface area contributed by atoms with Crippen LogP contribution in [-0.2, 0) is 16.0 Å². The molecule has 11 heteroatoms. The Morgan fingerprint density at radius 2 is 2.06 bits per heavy atom. The van der Waals surface area contributed by atoms with Crippen molar-refractivity contribution in [3.8, 4) is 11.3 Å². The van der Waals surface area contributed by atoms with Crippen molar-refractivity contribution in [1.29, 1.82) is 0 Å². The highest BCUT2D eigenvalue weighted by molar-refractivity contribution is 7.14. The monoisotopic (exact) mass is 493 g/mol. The first-order valence-corrected chi connectivity index (χ1v) is 11.7. The third kappa shape index (κ3) is 5.29. The fraction of sp³-hybridized carbons (Fsp3) is 0.333. The van der Waals surface area contributed by atoms with Crippen LogP contribution in [-0.4, -0.2) is 47.2 Å². The number of amides is 1. The fourth-order valence-electron chi connectivity index (χ4n) is 3.39. The van der Waals surface area contributed by atoms with Gasteiger partial charge < -0.3 is 15.0 Å². The number of benzene rings is 1. The molecule has 1 saturated heterocycles. The van der Waals surface area contributed by atoms with Gasteiger partial charge in [-0.3, -0.25) is 14.6 Å². The van der Waals surface area contributed by atoms with Gasteiger partial charge in [-0.05, 0) is 31.5 Å². The van der Waals surface area contributed by atoms with Gasteiger partial charge in [-0.25, -0.2) is 9.97 Å². The molecule has 4 rings (SSSR count). The molecule has 0 saturated carbocycles. The number of rotatable bonds is 6. The number of ether oxygens (including phenoxy) is 1. The molecule has 1 fully saturated rings. The average molecular weight is 494 g/mol. The highest BCUT2D eigenvalue weighted by atomic mass is 35.5. The lowest BCUT2D eigenvalue weighted by atomic mass is 10.1. The molecular weight excluding hydrogens is 473 g/mol. The number of thiazole rings is 1. The molecule has 2 N–H and O–H groups in total. The molecule has 0 aliphatic carbocycles. The van der Waals surface area contributed by atoms with Gasteiger partial charge in [-0.15, -0.1) is 11.3 Å². The molecule has 0 bridgehead atoms. The number of aryl methyl sites for hydroxylation is 1. The standard InChI is InChI=1S/C21H21Cl2N5O3S/c1-12-14(19(30)27-20(24-12)28-6-8-31-9-7-28)4-5-18(29)26-21-25-17(11-32-21)15-3-2-13(22)10-16(15)23/h2-3,10-11H,4-9H2,1H3,(H,24,27,30)(H,25,26,29). The summed E-state index contributed by atoms with van der Waals surface area (Å²) in [6, 6.07) is 5.17. The summed E-state index contributed by atoms with van der Waals surface area (Å²) in [5.41, 5.74) is 2.30. The number of carbonyl (C=O) groups excluding carboxylic acids is 1. The van der Waals surface area contributed by atoms with Crippen molar-refractivity contribution in [2.75, 3.05) is 36.5 Å². The lowest BCUT2D eigenvalue weighted by Crippen LogP contribution is -2.38. The van der Waals surface area contributed by atoms with Gasteiger partial charge in [-0.2, -0.15) is 0 Å². The summed E-state index contributed by atoms with van der Waals surface area (Å²) >= 11 is 13.5. The molecule has 2 aromatic heterocycles. The second kappa shape index (κ2) is 9.99. The quantitative estimate of drug-likeness (QED) is 0.539. The molecule has 168 valence electrons. The molecule has 1 amide bonds. The van der Waals surface area contributed by atoms with Crippen molar-refractivity contribution in [1.82, 2.24) is 15.0 Å². The van der Waals surface area contributed by atoms with E-state index in [4.69, 9.17) is 27.9 Å². The van der Waals surface area contributed by atoms with Crippen LogP contribution >= 0.6 is 34.5 Å². The fourth-order valence-corrected chi connectivity index (χ4v) is 4.62. The van der Waals surface area contributed by atoms with Gasteiger partial charge in [0.15, 0.2) is 5.13 Å². The molecule has 1 aromatic carbocycles. The minimum Gasteiger partial charge on any atom is -0.378 e. The first-order chi connectivity index (χ1) is 15.4. The average Bonchev–Trinajstić information content (AvgIpc) is 3.21. The molecular formula is C21H21Cl2N5O3S. The summed E-state index contributed by atoms with van der Waals surface area (Å²) < 4.78 is 5.33. The minimum absolute atomic E-state index is 0.138. The molecule has 32 heavy (non-hydrogen) atoms. The number of nitrogens with zero attached hydrogens (tertiary/aromatic N) is 3. The highest BCUT2D eigenvalue weighted by Gasteiger charge is 2.17. The van der Waals surface area contributed by atoms with E-state index in [1.807, 2.05) is 10.3 Å². The molecule has 0 unspecified atom stereocenters. The predicted molar refractivity (Wildman–Crippen MR) is 127 cm³/mol. The van der Waals surface area contributed by atoms with Gasteiger partial charge in [-0.1, -0.05) is 23.2 Å². The topological polar surface area (TPSA) is 100 Å². The van der Waals surface area contributed by atoms with E-state index >= 15 is 0 Å². The number of hydrogen-bond acceptors (Lipinski definition) is 7. The Hall–Kier alpha value is -2.46. The summed E-state index contributed by atoms with van der Waals surface area (Å²) in [5, 5.41) is 6.08. The summed E-state index contributed by atoms with van der Waals surface area (Å²) in [6.07, 6.45) is 0.420. The van der Waals surface area contributed by atoms with Crippen LogP contribution in [0.25, 0.3) is 11.3 Å². The SMILES string of the molecule is Cc1nc(N2CCOCC2)[nH]c(=O)c1CCC(=O)Nc1nc(-c2ccc(Cl)cc2Cl)cs1. The normalized spacial score (nSPS) is 13.9. The van der Waals surface area contributed by atoms with Crippen LogP contribution in [0.1, 0.15) is 17.7 Å². The molecule has 0 atom stereocenters. The van der Waals surface area contributed by atoms with Crippen LogP contribution < -0.4 is 15.8 Å². The van der Waals surface area contributed by atoms with Crippen LogP contribution in [0.5, 0.6) is 0 Å². The number of morpholine rings is 1. The Morgan fingerprint density at radius 3 is 2.78 bits per heavy atom. The first kappa shape index (κ1) is 22.7. The number of hydrogen-bond donors (Lipinski definition) is 2. The maximum Gasteiger partial charge on any atom is 0.255 e. The third-order valence-corrected chi connectivity index (χ3v) is 6.39. The Morgan fingerprint density at radius 1 is 1.28 bits per heavy atom. The van der Waals surface area contributed by atoms with E-state index < -0.39 is 0 Å². The Balaban J connectivity index is 1.38. The molecule has 1 aliphatic rings. The van der Waals surface area contributed by atoms with Gasteiger partial charge in [0, 0.05) is 46.7 Å². The van der Waals surface area contributed by atoms with Crippen molar-refractivity contribution in [2.45, 2.75) is 19.8 Å². The highest BCUT2D eigenvalue weighted by Crippen LogP contribution is 2.32. The van der Waals surface area contributed by atoms with Gasteiger partial charge in [0.1, 0.15) is 0 Å². The number of aromatic nitrogens is 3. The maximum atomic E-state index is 12.6. The van der Waals surface area contributed by atoms with E-state index in [1.54, 1.807) is 25.1 Å². The van der Waals surface area contributed by atoms with E-state index in [1.165, 1.54) is 11.3 Å². The molecule has 0 radical (unpaired) electrons. The van der Waals surface area contributed by atoms with Crippen LogP contribution in [0.4, 0.5) is 11.1 Å². The van der Waals surface area contributed by atoms with Crippen LogP contribution in [0, 0.1) is 6.92 Å². The number of anilines is 2. The van der Waals surface area contributed by atoms with Crippen molar-refractivity contribution < 1.29 is 9.53 Å². The first-order valence-electron chi connectivity index (χ1n) is 10.0.